The van der Waals surface area contributed by atoms with Crippen LogP contribution in [0.3, 0.4) is 0 Å². The van der Waals surface area contributed by atoms with E-state index in [1.165, 1.54) is 32.4 Å². The van der Waals surface area contributed by atoms with Crippen LogP contribution in [0, 0.1) is 0 Å². The van der Waals surface area contributed by atoms with Gasteiger partial charge in [-0.25, -0.2) is 0 Å². The van der Waals surface area contributed by atoms with E-state index in [4.69, 9.17) is 4.74 Å². The predicted octanol–water partition coefficient (Wildman–Crippen LogP) is 1.79. The first-order valence-corrected chi connectivity index (χ1v) is 7.02. The van der Waals surface area contributed by atoms with Gasteiger partial charge in [0, 0.05) is 12.6 Å². The van der Waals surface area contributed by atoms with Crippen LogP contribution in [0.15, 0.2) is 0 Å². The van der Waals surface area contributed by atoms with Gasteiger partial charge in [-0.2, -0.15) is 0 Å². The first-order chi connectivity index (χ1) is 8.37. The lowest BCUT2D eigenvalue weighted by Gasteiger charge is -2.29. The topological polar surface area (TPSA) is 41.6 Å². The maximum atomic E-state index is 11.7. The Morgan fingerprint density at radius 2 is 1.89 bits per heavy atom. The molecular weight excluding hydrogens is 228 g/mol. The molecule has 0 aromatic rings. The van der Waals surface area contributed by atoms with Crippen LogP contribution in [0.4, 0.5) is 0 Å². The second-order valence-corrected chi connectivity index (χ2v) is 6.23. The number of ether oxygens (including phenoxy) is 1. The first-order valence-electron chi connectivity index (χ1n) is 7.02. The Morgan fingerprint density at radius 1 is 1.28 bits per heavy atom. The quantitative estimate of drug-likeness (QED) is 0.815. The highest BCUT2D eigenvalue weighted by Crippen LogP contribution is 2.09. The lowest BCUT2D eigenvalue weighted by molar-refractivity contribution is -0.131. The van der Waals surface area contributed by atoms with Crippen molar-refractivity contribution in [2.75, 3.05) is 26.2 Å². The summed E-state index contributed by atoms with van der Waals surface area (Å²) in [4.78, 5) is 14.1. The molecule has 1 atom stereocenters. The van der Waals surface area contributed by atoms with Crippen LogP contribution < -0.4 is 5.32 Å². The normalized spacial score (nSPS) is 19.6. The third kappa shape index (κ3) is 6.97. The van der Waals surface area contributed by atoms with E-state index in [0.29, 0.717) is 0 Å². The van der Waals surface area contributed by atoms with E-state index in [1.807, 2.05) is 20.8 Å². The van der Waals surface area contributed by atoms with Crippen molar-refractivity contribution in [1.29, 1.82) is 0 Å². The standard InChI is InChI=1S/C14H28N2O2/c1-12(10-16-8-6-5-7-9-16)15-13(17)11-18-14(2,3)4/h12H,5-11H2,1-4H3,(H,15,17). The van der Waals surface area contributed by atoms with Crippen molar-refractivity contribution in [3.8, 4) is 0 Å². The summed E-state index contributed by atoms with van der Waals surface area (Å²) in [6.45, 7) is 11.3. The van der Waals surface area contributed by atoms with E-state index < -0.39 is 0 Å². The second kappa shape index (κ2) is 7.10. The van der Waals surface area contributed by atoms with Crippen LogP contribution in [0.1, 0.15) is 47.0 Å². The molecule has 0 aliphatic carbocycles. The van der Waals surface area contributed by atoms with Crippen LogP contribution in [0.25, 0.3) is 0 Å². The zero-order valence-electron chi connectivity index (χ0n) is 12.3. The molecule has 1 heterocycles. The minimum absolute atomic E-state index is 0.0190. The molecule has 0 spiro atoms. The smallest absolute Gasteiger partial charge is 0.246 e. The molecule has 0 aromatic carbocycles. The number of nitrogens with zero attached hydrogens (tertiary/aromatic N) is 1. The SMILES string of the molecule is CC(CN1CCCCC1)NC(=O)COC(C)(C)C. The maximum Gasteiger partial charge on any atom is 0.246 e. The molecule has 106 valence electrons. The fraction of sp³-hybridized carbons (Fsp3) is 0.929. The summed E-state index contributed by atoms with van der Waals surface area (Å²) in [5.41, 5.74) is -0.257. The Morgan fingerprint density at radius 3 is 2.44 bits per heavy atom. The number of hydrogen-bond acceptors (Lipinski definition) is 3. The van der Waals surface area contributed by atoms with Crippen molar-refractivity contribution < 1.29 is 9.53 Å². The number of amides is 1. The van der Waals surface area contributed by atoms with Gasteiger partial charge in [0.1, 0.15) is 6.61 Å². The summed E-state index contributed by atoms with van der Waals surface area (Å²) in [5, 5.41) is 2.99. The second-order valence-electron chi connectivity index (χ2n) is 6.23. The van der Waals surface area contributed by atoms with Gasteiger partial charge in [-0.3, -0.25) is 4.79 Å². The highest BCUT2D eigenvalue weighted by molar-refractivity contribution is 5.77. The predicted molar refractivity (Wildman–Crippen MR) is 73.6 cm³/mol. The molecule has 0 radical (unpaired) electrons. The van der Waals surface area contributed by atoms with Crippen molar-refractivity contribution >= 4 is 5.91 Å². The molecule has 1 unspecified atom stereocenters. The Bertz CT molecular complexity index is 255. The van der Waals surface area contributed by atoms with Crippen LogP contribution >= 0.6 is 0 Å². The molecule has 1 aliphatic rings. The van der Waals surface area contributed by atoms with E-state index in [9.17, 15) is 4.79 Å². The minimum atomic E-state index is -0.257. The summed E-state index contributed by atoms with van der Waals surface area (Å²) < 4.78 is 5.46. The molecule has 18 heavy (non-hydrogen) atoms. The number of piperidine rings is 1. The average molecular weight is 256 g/mol. The van der Waals surface area contributed by atoms with Gasteiger partial charge in [0.25, 0.3) is 0 Å². The summed E-state index contributed by atoms with van der Waals surface area (Å²) in [6.07, 6.45) is 3.91. The zero-order valence-corrected chi connectivity index (χ0v) is 12.3. The molecular formula is C14H28N2O2. The molecule has 1 fully saturated rings. The molecule has 4 heteroatoms. The molecule has 4 nitrogen and oxygen atoms in total. The Hall–Kier alpha value is -0.610. The van der Waals surface area contributed by atoms with Gasteiger partial charge in [0.05, 0.1) is 5.60 Å². The first kappa shape index (κ1) is 15.4. The number of carbonyl (C=O) groups excluding carboxylic acids is 1. The number of hydrogen-bond donors (Lipinski definition) is 1. The van der Waals surface area contributed by atoms with Crippen molar-refractivity contribution in [2.24, 2.45) is 0 Å². The third-order valence-corrected chi connectivity index (χ3v) is 3.02. The fourth-order valence-electron chi connectivity index (χ4n) is 2.17. The van der Waals surface area contributed by atoms with Crippen molar-refractivity contribution in [3.05, 3.63) is 0 Å². The molecule has 1 rings (SSSR count). The summed E-state index contributed by atoms with van der Waals surface area (Å²) in [7, 11) is 0. The number of rotatable bonds is 5. The summed E-state index contributed by atoms with van der Waals surface area (Å²) >= 11 is 0. The zero-order chi connectivity index (χ0) is 13.6. The Balaban J connectivity index is 2.18. The van der Waals surface area contributed by atoms with E-state index in [0.717, 1.165) is 6.54 Å². The number of carbonyl (C=O) groups is 1. The Kier molecular flexibility index (Phi) is 6.09. The summed E-state index contributed by atoms with van der Waals surface area (Å²) in [6, 6.07) is 0.194. The molecule has 1 amide bonds. The maximum absolute atomic E-state index is 11.7. The van der Waals surface area contributed by atoms with Gasteiger partial charge < -0.3 is 15.0 Å². The highest BCUT2D eigenvalue weighted by Gasteiger charge is 2.17. The molecule has 1 N–H and O–H groups in total. The van der Waals surface area contributed by atoms with Crippen LogP contribution in [-0.2, 0) is 9.53 Å². The lowest BCUT2D eigenvalue weighted by atomic mass is 10.1. The lowest BCUT2D eigenvalue weighted by Crippen LogP contribution is -2.45. The largest absolute Gasteiger partial charge is 0.366 e. The minimum Gasteiger partial charge on any atom is -0.366 e. The van der Waals surface area contributed by atoms with Gasteiger partial charge in [0.2, 0.25) is 5.91 Å². The van der Waals surface area contributed by atoms with Gasteiger partial charge in [-0.05, 0) is 53.6 Å². The van der Waals surface area contributed by atoms with Crippen LogP contribution in [0.2, 0.25) is 0 Å². The number of nitrogens with one attached hydrogen (secondary N) is 1. The average Bonchev–Trinajstić information content (AvgIpc) is 2.26. The molecule has 0 aromatic heterocycles. The van der Waals surface area contributed by atoms with E-state index >= 15 is 0 Å². The van der Waals surface area contributed by atoms with Gasteiger partial charge in [-0.15, -0.1) is 0 Å². The van der Waals surface area contributed by atoms with Crippen LogP contribution in [-0.4, -0.2) is 48.7 Å². The van der Waals surface area contributed by atoms with Crippen LogP contribution in [0.5, 0.6) is 0 Å². The van der Waals surface area contributed by atoms with E-state index in [1.54, 1.807) is 0 Å². The molecule has 0 saturated carbocycles. The molecule has 1 aliphatic heterocycles. The van der Waals surface area contributed by atoms with E-state index in [2.05, 4.69) is 17.1 Å². The van der Waals surface area contributed by atoms with Gasteiger partial charge in [-0.1, -0.05) is 6.42 Å². The Labute approximate surface area is 111 Å². The van der Waals surface area contributed by atoms with Crippen molar-refractivity contribution in [1.82, 2.24) is 10.2 Å². The molecule has 1 saturated heterocycles. The van der Waals surface area contributed by atoms with Crippen molar-refractivity contribution in [3.63, 3.8) is 0 Å². The van der Waals surface area contributed by atoms with Gasteiger partial charge >= 0.3 is 0 Å². The van der Waals surface area contributed by atoms with Crippen molar-refractivity contribution in [2.45, 2.75) is 58.6 Å². The number of likely N-dealkylation sites (tertiary alicyclic amines) is 1. The fourth-order valence-corrected chi connectivity index (χ4v) is 2.17. The van der Waals surface area contributed by atoms with Gasteiger partial charge in [0.15, 0.2) is 0 Å². The summed E-state index contributed by atoms with van der Waals surface area (Å²) in [5.74, 6) is -0.0190. The highest BCUT2D eigenvalue weighted by atomic mass is 16.5. The third-order valence-electron chi connectivity index (χ3n) is 3.02. The molecule has 0 bridgehead atoms. The monoisotopic (exact) mass is 256 g/mol. The van der Waals surface area contributed by atoms with E-state index in [-0.39, 0.29) is 24.2 Å².